The highest BCUT2D eigenvalue weighted by molar-refractivity contribution is 7.60. The lowest BCUT2D eigenvalue weighted by Crippen LogP contribution is -2.28. The van der Waals surface area contributed by atoms with E-state index in [4.69, 9.17) is 10.0 Å². The summed E-state index contributed by atoms with van der Waals surface area (Å²) in [7, 11) is -2.28. The van der Waals surface area contributed by atoms with Crippen LogP contribution in [0.1, 0.15) is 96.3 Å². The van der Waals surface area contributed by atoms with Crippen molar-refractivity contribution in [3.63, 3.8) is 0 Å². The molecule has 0 spiro atoms. The van der Waals surface area contributed by atoms with E-state index >= 15 is 0 Å². The molecule has 0 aliphatic heterocycles. The predicted molar refractivity (Wildman–Crippen MR) is 98.8 cm³/mol. The van der Waals surface area contributed by atoms with Crippen molar-refractivity contribution in [2.75, 3.05) is 0 Å². The van der Waals surface area contributed by atoms with Crippen LogP contribution in [0, 0.1) is 0 Å². The lowest BCUT2D eigenvalue weighted by atomic mass is 9.99. The molecule has 0 unspecified atom stereocenters. The maximum atomic E-state index is 10.1. The molecule has 2 nitrogen and oxygen atoms in total. The zero-order valence-electron chi connectivity index (χ0n) is 14.6. The van der Waals surface area contributed by atoms with Gasteiger partial charge in [0.15, 0.2) is 0 Å². The van der Waals surface area contributed by atoms with E-state index in [1.54, 1.807) is 77.0 Å². The second kappa shape index (κ2) is 11.1. The minimum absolute atomic E-state index is 0.385. The van der Waals surface area contributed by atoms with E-state index in [-0.39, 0.29) is 0 Å². The van der Waals surface area contributed by atoms with Gasteiger partial charge in [-0.05, 0) is 55.5 Å². The summed E-state index contributed by atoms with van der Waals surface area (Å²) in [6.45, 7) is 0. The first-order valence-corrected chi connectivity index (χ1v) is 11.5. The van der Waals surface area contributed by atoms with E-state index in [0.29, 0.717) is 7.92 Å². The number of hydrogen-bond donors (Lipinski definition) is 2. The van der Waals surface area contributed by atoms with Crippen molar-refractivity contribution in [2.24, 2.45) is 0 Å². The minimum atomic E-state index is -2.67. The molecular formula is C18H35BFO2P. The topological polar surface area (TPSA) is 40.5 Å². The van der Waals surface area contributed by atoms with Crippen molar-refractivity contribution in [3.05, 3.63) is 0 Å². The van der Waals surface area contributed by atoms with Crippen LogP contribution in [0.5, 0.6) is 0 Å². The lowest BCUT2D eigenvalue weighted by molar-refractivity contribution is 0.340. The average molecular weight is 344 g/mol. The van der Waals surface area contributed by atoms with Crippen LogP contribution in [0.15, 0.2) is 0 Å². The summed E-state index contributed by atoms with van der Waals surface area (Å²) in [6.07, 6.45) is 23.6. The van der Waals surface area contributed by atoms with Crippen molar-refractivity contribution < 1.29 is 14.4 Å². The Balaban J connectivity index is 0.000000433. The summed E-state index contributed by atoms with van der Waals surface area (Å²) in [5.41, 5.74) is 3.57. The average Bonchev–Trinajstić information content (AvgIpc) is 2.58. The molecule has 3 aliphatic rings. The Bertz CT molecular complexity index is 256. The van der Waals surface area contributed by atoms with Crippen LogP contribution >= 0.6 is 7.92 Å². The van der Waals surface area contributed by atoms with Gasteiger partial charge in [-0.3, -0.25) is 4.32 Å². The van der Waals surface area contributed by atoms with Crippen LogP contribution < -0.4 is 0 Å². The fraction of sp³-hybridized carbons (Fsp3) is 1.00. The summed E-state index contributed by atoms with van der Waals surface area (Å²) in [6, 6.07) is 0. The van der Waals surface area contributed by atoms with Crippen LogP contribution in [-0.4, -0.2) is 34.4 Å². The Morgan fingerprint density at radius 2 is 0.783 bits per heavy atom. The van der Waals surface area contributed by atoms with E-state index in [9.17, 15) is 4.32 Å². The van der Waals surface area contributed by atoms with E-state index in [1.807, 2.05) is 0 Å². The van der Waals surface area contributed by atoms with Gasteiger partial charge in [-0.1, -0.05) is 65.7 Å². The Morgan fingerprint density at radius 1 is 0.565 bits per heavy atom. The highest BCUT2D eigenvalue weighted by atomic mass is 31.1. The maximum Gasteiger partial charge on any atom is 0.674 e. The Hall–Kier alpha value is 0.345. The molecule has 3 saturated carbocycles. The van der Waals surface area contributed by atoms with Gasteiger partial charge in [-0.15, -0.1) is 0 Å². The first-order chi connectivity index (χ1) is 11.2. The highest BCUT2D eigenvalue weighted by Gasteiger charge is 2.36. The van der Waals surface area contributed by atoms with Gasteiger partial charge in [0.2, 0.25) is 0 Å². The third-order valence-electron chi connectivity index (χ3n) is 5.99. The number of rotatable bonds is 3. The molecule has 134 valence electrons. The van der Waals surface area contributed by atoms with Crippen LogP contribution in [-0.2, 0) is 0 Å². The van der Waals surface area contributed by atoms with E-state index in [0.717, 1.165) is 0 Å². The molecule has 3 fully saturated rings. The summed E-state index contributed by atoms with van der Waals surface area (Å²) in [5.74, 6) is 0. The molecular weight excluding hydrogens is 309 g/mol. The van der Waals surface area contributed by atoms with Crippen LogP contribution in [0.3, 0.4) is 0 Å². The molecule has 0 saturated heterocycles. The molecule has 3 aliphatic carbocycles. The van der Waals surface area contributed by atoms with Crippen LogP contribution in [0.4, 0.5) is 4.32 Å². The van der Waals surface area contributed by atoms with Gasteiger partial charge in [0.1, 0.15) is 0 Å². The standard InChI is InChI=1S/C18H33P.BFH2O2/c1-4-10-16(11-5-1)19(17-12-6-2-7-13-17)18-14-8-3-9-15-18;2-1(3)4/h16-18H,1-15H2;3-4H. The molecule has 0 aromatic heterocycles. The monoisotopic (exact) mass is 344 g/mol. The third kappa shape index (κ3) is 7.00. The smallest absolute Gasteiger partial charge is 0.398 e. The summed E-state index contributed by atoms with van der Waals surface area (Å²) >= 11 is 0. The van der Waals surface area contributed by atoms with Gasteiger partial charge < -0.3 is 10.0 Å². The first kappa shape index (κ1) is 19.7. The molecule has 0 atom stereocenters. The van der Waals surface area contributed by atoms with Gasteiger partial charge in [-0.25, -0.2) is 0 Å². The van der Waals surface area contributed by atoms with Crippen molar-refractivity contribution in [3.8, 4) is 0 Å². The first-order valence-electron chi connectivity index (χ1n) is 9.96. The highest BCUT2D eigenvalue weighted by Crippen LogP contribution is 2.61. The number of hydrogen-bond acceptors (Lipinski definition) is 2. The minimum Gasteiger partial charge on any atom is -0.398 e. The van der Waals surface area contributed by atoms with Crippen molar-refractivity contribution in [2.45, 2.75) is 113 Å². The van der Waals surface area contributed by atoms with Crippen molar-refractivity contribution in [1.29, 1.82) is 0 Å². The third-order valence-corrected chi connectivity index (χ3v) is 10.1. The van der Waals surface area contributed by atoms with E-state index < -0.39 is 7.40 Å². The van der Waals surface area contributed by atoms with Gasteiger partial charge in [-0.2, -0.15) is 0 Å². The Labute approximate surface area is 143 Å². The fourth-order valence-corrected chi connectivity index (χ4v) is 9.71. The number of halogens is 1. The van der Waals surface area contributed by atoms with Crippen molar-refractivity contribution in [1.82, 2.24) is 0 Å². The summed E-state index contributed by atoms with van der Waals surface area (Å²) < 4.78 is 10.1. The maximum absolute atomic E-state index is 10.1. The quantitative estimate of drug-likeness (QED) is 0.532. The normalized spacial score (nSPS) is 25.0. The van der Waals surface area contributed by atoms with Crippen molar-refractivity contribution >= 4 is 15.3 Å². The zero-order chi connectivity index (χ0) is 16.5. The van der Waals surface area contributed by atoms with E-state index in [2.05, 4.69) is 0 Å². The predicted octanol–water partition coefficient (Wildman–Crippen LogP) is 5.39. The Kier molecular flexibility index (Phi) is 9.45. The SMILES string of the molecule is C1CCC(P(C2CCCCC2)C2CCCCC2)CC1.OB(O)F. The molecule has 23 heavy (non-hydrogen) atoms. The molecule has 2 N–H and O–H groups in total. The van der Waals surface area contributed by atoms with E-state index in [1.165, 1.54) is 36.2 Å². The van der Waals surface area contributed by atoms with Crippen LogP contribution in [0.2, 0.25) is 0 Å². The molecule has 0 heterocycles. The molecule has 0 amide bonds. The molecule has 5 heteroatoms. The van der Waals surface area contributed by atoms with Crippen LogP contribution in [0.25, 0.3) is 0 Å². The summed E-state index contributed by atoms with van der Waals surface area (Å²) in [4.78, 5) is 0. The fourth-order valence-electron chi connectivity index (χ4n) is 5.03. The van der Waals surface area contributed by atoms with Gasteiger partial charge in [0.05, 0.1) is 0 Å². The molecule has 0 aromatic carbocycles. The largest absolute Gasteiger partial charge is 0.674 e. The Morgan fingerprint density at radius 3 is 1.00 bits per heavy atom. The molecule has 0 aromatic rings. The van der Waals surface area contributed by atoms with Gasteiger partial charge >= 0.3 is 7.40 Å². The molecule has 0 radical (unpaired) electrons. The lowest BCUT2D eigenvalue weighted by Gasteiger charge is -2.44. The molecule has 0 bridgehead atoms. The summed E-state index contributed by atoms with van der Waals surface area (Å²) in [5, 5.41) is 13.9. The molecule has 3 rings (SSSR count). The zero-order valence-corrected chi connectivity index (χ0v) is 15.5. The second-order valence-electron chi connectivity index (χ2n) is 7.63. The van der Waals surface area contributed by atoms with Gasteiger partial charge in [0, 0.05) is 0 Å². The second-order valence-corrected chi connectivity index (χ2v) is 10.7. The van der Waals surface area contributed by atoms with Gasteiger partial charge in [0.25, 0.3) is 0 Å².